The summed E-state index contributed by atoms with van der Waals surface area (Å²) in [6.07, 6.45) is 8.42. The normalized spacial score (nSPS) is 13.6. The first-order valence-corrected chi connectivity index (χ1v) is 9.39. The van der Waals surface area contributed by atoms with Gasteiger partial charge in [-0.05, 0) is 24.5 Å². The van der Waals surface area contributed by atoms with Gasteiger partial charge in [-0.1, -0.05) is 36.4 Å². The summed E-state index contributed by atoms with van der Waals surface area (Å²) in [7, 11) is 0. The molecule has 27 heavy (non-hydrogen) atoms. The van der Waals surface area contributed by atoms with Gasteiger partial charge in [-0.2, -0.15) is 0 Å². The van der Waals surface area contributed by atoms with Gasteiger partial charge in [-0.15, -0.1) is 0 Å². The number of nitrogens with one attached hydrogen (secondary N) is 2. The van der Waals surface area contributed by atoms with Crippen molar-refractivity contribution in [3.05, 3.63) is 66.6 Å². The Balaban J connectivity index is 1.66. The standard InChI is InChI=1S/C23H19N3O/c27-23-21(18(12-25-23)17-11-24-20-9-2-1-7-15(17)20)19-13-26-10-4-6-14-5-3-8-16(19)22(14)26/h1-3,5,7-9,11-13,24-25,27H,4,6,10H2. The third-order valence-corrected chi connectivity index (χ3v) is 5.84. The number of nitrogens with zero attached hydrogens (tertiary/aromatic N) is 1. The van der Waals surface area contributed by atoms with E-state index < -0.39 is 0 Å². The number of aromatic nitrogens is 3. The molecule has 0 radical (unpaired) electrons. The molecule has 0 fully saturated rings. The molecule has 0 atom stereocenters. The summed E-state index contributed by atoms with van der Waals surface area (Å²) in [6, 6.07) is 14.8. The van der Waals surface area contributed by atoms with E-state index in [0.717, 1.165) is 52.5 Å². The summed E-state index contributed by atoms with van der Waals surface area (Å²) in [5, 5.41) is 13.1. The molecule has 3 N–H and O–H groups in total. The fourth-order valence-electron chi connectivity index (χ4n) is 4.65. The fraction of sp³-hybridized carbons (Fsp3) is 0.130. The quantitative estimate of drug-likeness (QED) is 0.389. The molecule has 6 rings (SSSR count). The Labute approximate surface area is 156 Å². The van der Waals surface area contributed by atoms with Crippen LogP contribution in [0.3, 0.4) is 0 Å². The van der Waals surface area contributed by atoms with E-state index >= 15 is 0 Å². The maximum atomic E-state index is 10.7. The topological polar surface area (TPSA) is 56.7 Å². The van der Waals surface area contributed by atoms with Crippen LogP contribution in [-0.2, 0) is 13.0 Å². The predicted octanol–water partition coefficient (Wildman–Crippen LogP) is 5.44. The zero-order valence-electron chi connectivity index (χ0n) is 14.8. The molecule has 3 aromatic heterocycles. The van der Waals surface area contributed by atoms with Crippen molar-refractivity contribution in [3.63, 3.8) is 0 Å². The molecule has 4 nitrogen and oxygen atoms in total. The Morgan fingerprint density at radius 2 is 1.70 bits per heavy atom. The van der Waals surface area contributed by atoms with E-state index in [9.17, 15) is 5.11 Å². The van der Waals surface area contributed by atoms with Crippen LogP contribution in [0.5, 0.6) is 5.88 Å². The molecular weight excluding hydrogens is 334 g/mol. The van der Waals surface area contributed by atoms with Crippen molar-refractivity contribution in [3.8, 4) is 28.1 Å². The molecule has 132 valence electrons. The van der Waals surface area contributed by atoms with Crippen molar-refractivity contribution in [2.75, 3.05) is 0 Å². The van der Waals surface area contributed by atoms with Crippen molar-refractivity contribution < 1.29 is 5.11 Å². The highest BCUT2D eigenvalue weighted by Gasteiger charge is 2.23. The molecule has 4 heterocycles. The number of aromatic hydroxyl groups is 1. The predicted molar refractivity (Wildman–Crippen MR) is 109 cm³/mol. The number of fused-ring (bicyclic) bond motifs is 1. The lowest BCUT2D eigenvalue weighted by molar-refractivity contribution is 0.459. The van der Waals surface area contributed by atoms with Crippen LogP contribution in [-0.4, -0.2) is 19.6 Å². The first-order chi connectivity index (χ1) is 13.3. The number of hydrogen-bond acceptors (Lipinski definition) is 1. The first-order valence-electron chi connectivity index (χ1n) is 9.39. The van der Waals surface area contributed by atoms with Crippen molar-refractivity contribution in [1.29, 1.82) is 0 Å². The number of H-pyrrole nitrogens is 2. The molecule has 4 heteroatoms. The molecule has 1 aliphatic heterocycles. The Hall–Kier alpha value is -3.40. The van der Waals surface area contributed by atoms with E-state index in [0.29, 0.717) is 0 Å². The summed E-state index contributed by atoms with van der Waals surface area (Å²) in [5.41, 5.74) is 7.90. The van der Waals surface area contributed by atoms with Gasteiger partial charge < -0.3 is 19.6 Å². The van der Waals surface area contributed by atoms with E-state index in [-0.39, 0.29) is 5.88 Å². The largest absolute Gasteiger partial charge is 0.494 e. The van der Waals surface area contributed by atoms with Crippen LogP contribution in [0.15, 0.2) is 61.1 Å². The number of para-hydroxylation sites is 2. The lowest BCUT2D eigenvalue weighted by Crippen LogP contribution is -2.05. The summed E-state index contributed by atoms with van der Waals surface area (Å²) in [4.78, 5) is 6.39. The van der Waals surface area contributed by atoms with Crippen LogP contribution in [0.2, 0.25) is 0 Å². The number of aryl methyl sites for hydroxylation is 2. The molecule has 0 unspecified atom stereocenters. The molecule has 0 spiro atoms. The number of hydrogen-bond donors (Lipinski definition) is 3. The maximum absolute atomic E-state index is 10.7. The van der Waals surface area contributed by atoms with E-state index in [4.69, 9.17) is 0 Å². The van der Waals surface area contributed by atoms with Crippen LogP contribution >= 0.6 is 0 Å². The summed E-state index contributed by atoms with van der Waals surface area (Å²) in [5.74, 6) is 0.221. The van der Waals surface area contributed by atoms with Gasteiger partial charge in [-0.25, -0.2) is 0 Å². The lowest BCUT2D eigenvalue weighted by atomic mass is 9.96. The zero-order chi connectivity index (χ0) is 18.0. The molecule has 1 aliphatic rings. The monoisotopic (exact) mass is 353 g/mol. The second-order valence-electron chi connectivity index (χ2n) is 7.33. The first kappa shape index (κ1) is 14.7. The smallest absolute Gasteiger partial charge is 0.197 e. The van der Waals surface area contributed by atoms with Crippen LogP contribution in [0.25, 0.3) is 44.1 Å². The minimum absolute atomic E-state index is 0.221. The number of rotatable bonds is 2. The van der Waals surface area contributed by atoms with Crippen LogP contribution in [0.1, 0.15) is 12.0 Å². The summed E-state index contributed by atoms with van der Waals surface area (Å²) in [6.45, 7) is 1.03. The fourth-order valence-corrected chi connectivity index (χ4v) is 4.65. The Bertz CT molecular complexity index is 1320. The van der Waals surface area contributed by atoms with Gasteiger partial charge in [0.15, 0.2) is 5.88 Å². The molecule has 0 bridgehead atoms. The highest BCUT2D eigenvalue weighted by Crippen LogP contribution is 2.45. The van der Waals surface area contributed by atoms with Gasteiger partial charge >= 0.3 is 0 Å². The average molecular weight is 353 g/mol. The third kappa shape index (κ3) is 1.98. The van der Waals surface area contributed by atoms with E-state index in [1.54, 1.807) is 0 Å². The molecular formula is C23H19N3O. The van der Waals surface area contributed by atoms with Crippen molar-refractivity contribution in [2.45, 2.75) is 19.4 Å². The van der Waals surface area contributed by atoms with Gasteiger partial charge in [0, 0.05) is 58.1 Å². The third-order valence-electron chi connectivity index (χ3n) is 5.84. The van der Waals surface area contributed by atoms with Crippen LogP contribution < -0.4 is 0 Å². The highest BCUT2D eigenvalue weighted by atomic mass is 16.3. The second-order valence-corrected chi connectivity index (χ2v) is 7.33. The van der Waals surface area contributed by atoms with Gasteiger partial charge in [0.1, 0.15) is 0 Å². The highest BCUT2D eigenvalue weighted by molar-refractivity contribution is 6.06. The second kappa shape index (κ2) is 5.30. The van der Waals surface area contributed by atoms with Gasteiger partial charge in [0.05, 0.1) is 11.1 Å². The Morgan fingerprint density at radius 1 is 0.852 bits per heavy atom. The molecule has 2 aromatic carbocycles. The Kier molecular flexibility index (Phi) is 2.89. The van der Waals surface area contributed by atoms with E-state index in [1.165, 1.54) is 16.5 Å². The van der Waals surface area contributed by atoms with E-state index in [1.807, 2.05) is 24.5 Å². The van der Waals surface area contributed by atoms with Gasteiger partial charge in [0.2, 0.25) is 0 Å². The molecule has 0 saturated carbocycles. The average Bonchev–Trinajstić information content (AvgIpc) is 3.38. The molecule has 0 aliphatic carbocycles. The van der Waals surface area contributed by atoms with Crippen LogP contribution in [0, 0.1) is 0 Å². The van der Waals surface area contributed by atoms with Crippen molar-refractivity contribution in [2.24, 2.45) is 0 Å². The number of aromatic amines is 2. The summed E-state index contributed by atoms with van der Waals surface area (Å²) >= 11 is 0. The van der Waals surface area contributed by atoms with E-state index in [2.05, 4.69) is 51.1 Å². The maximum Gasteiger partial charge on any atom is 0.197 e. The van der Waals surface area contributed by atoms with Gasteiger partial charge in [-0.3, -0.25) is 0 Å². The SMILES string of the molecule is Oc1[nH]cc(-c2c[nH]c3ccccc23)c1-c1cn2c3c(cccc13)CCC2. The van der Waals surface area contributed by atoms with Crippen molar-refractivity contribution in [1.82, 2.24) is 14.5 Å². The molecule has 5 aromatic rings. The zero-order valence-corrected chi connectivity index (χ0v) is 14.8. The summed E-state index contributed by atoms with van der Waals surface area (Å²) < 4.78 is 2.34. The molecule has 0 amide bonds. The molecule has 0 saturated heterocycles. The van der Waals surface area contributed by atoms with Crippen molar-refractivity contribution >= 4 is 21.8 Å². The van der Waals surface area contributed by atoms with Gasteiger partial charge in [0.25, 0.3) is 0 Å². The Morgan fingerprint density at radius 3 is 2.67 bits per heavy atom. The minimum Gasteiger partial charge on any atom is -0.494 e. The lowest BCUT2D eigenvalue weighted by Gasteiger charge is -2.14. The van der Waals surface area contributed by atoms with Crippen LogP contribution in [0.4, 0.5) is 0 Å². The number of benzene rings is 2. The minimum atomic E-state index is 0.221.